The lowest BCUT2D eigenvalue weighted by atomic mass is 10.1. The van der Waals surface area contributed by atoms with E-state index in [2.05, 4.69) is 5.32 Å². The highest BCUT2D eigenvalue weighted by atomic mass is 16.5. The van der Waals surface area contributed by atoms with Gasteiger partial charge in [-0.1, -0.05) is 13.8 Å². The van der Waals surface area contributed by atoms with Gasteiger partial charge >= 0.3 is 5.97 Å². The van der Waals surface area contributed by atoms with Crippen molar-refractivity contribution in [3.8, 4) is 5.75 Å². The molecule has 0 spiro atoms. The fraction of sp³-hybridized carbons (Fsp3) is 0.467. The fourth-order valence-electron chi connectivity index (χ4n) is 1.58. The van der Waals surface area contributed by atoms with Gasteiger partial charge in [-0.2, -0.15) is 0 Å². The lowest BCUT2D eigenvalue weighted by molar-refractivity contribution is -0.114. The normalized spacial score (nSPS) is 9.95. The maximum absolute atomic E-state index is 12.0. The summed E-state index contributed by atoms with van der Waals surface area (Å²) in [5, 5.41) is 2.64. The Hall–Kier alpha value is -2.04. The maximum atomic E-state index is 12.0. The molecule has 20 heavy (non-hydrogen) atoms. The van der Waals surface area contributed by atoms with Crippen LogP contribution in [0.5, 0.6) is 5.75 Å². The monoisotopic (exact) mass is 279 g/mol. The van der Waals surface area contributed by atoms with E-state index in [1.165, 1.54) is 6.92 Å². The zero-order valence-electron chi connectivity index (χ0n) is 12.2. The summed E-state index contributed by atoms with van der Waals surface area (Å²) in [4.78, 5) is 23.1. The van der Waals surface area contributed by atoms with Gasteiger partial charge in [0.1, 0.15) is 11.3 Å². The third kappa shape index (κ3) is 4.91. The van der Waals surface area contributed by atoms with E-state index in [1.54, 1.807) is 18.2 Å². The Bertz CT molecular complexity index is 471. The molecule has 1 rings (SSSR count). The third-order valence-corrected chi connectivity index (χ3v) is 2.42. The molecular weight excluding hydrogens is 258 g/mol. The third-order valence-electron chi connectivity index (χ3n) is 2.42. The van der Waals surface area contributed by atoms with Gasteiger partial charge in [-0.15, -0.1) is 0 Å². The van der Waals surface area contributed by atoms with Crippen molar-refractivity contribution in [2.24, 2.45) is 0 Å². The van der Waals surface area contributed by atoms with Gasteiger partial charge in [0.05, 0.1) is 13.2 Å². The summed E-state index contributed by atoms with van der Waals surface area (Å²) < 4.78 is 10.7. The molecule has 1 aromatic rings. The Labute approximate surface area is 119 Å². The lowest BCUT2D eigenvalue weighted by Crippen LogP contribution is -2.11. The van der Waals surface area contributed by atoms with E-state index in [0.29, 0.717) is 30.2 Å². The molecule has 1 aromatic carbocycles. The molecule has 0 fully saturated rings. The molecule has 0 aliphatic rings. The topological polar surface area (TPSA) is 64.6 Å². The summed E-state index contributed by atoms with van der Waals surface area (Å²) in [5.74, 6) is -0.160. The number of benzene rings is 1. The van der Waals surface area contributed by atoms with Gasteiger partial charge in [0, 0.05) is 12.6 Å². The minimum atomic E-state index is -0.440. The minimum absolute atomic E-state index is 0.194. The van der Waals surface area contributed by atoms with E-state index in [1.807, 2.05) is 13.8 Å². The highest BCUT2D eigenvalue weighted by Crippen LogP contribution is 2.24. The Morgan fingerprint density at radius 3 is 2.45 bits per heavy atom. The van der Waals surface area contributed by atoms with E-state index in [9.17, 15) is 9.59 Å². The second-order valence-electron chi connectivity index (χ2n) is 4.38. The number of amides is 1. The highest BCUT2D eigenvalue weighted by molar-refractivity contribution is 5.96. The number of hydrogen-bond donors (Lipinski definition) is 1. The van der Waals surface area contributed by atoms with E-state index in [4.69, 9.17) is 9.47 Å². The first-order chi connectivity index (χ1) is 9.58. The Morgan fingerprint density at radius 1 is 1.15 bits per heavy atom. The van der Waals surface area contributed by atoms with Gasteiger partial charge in [0.25, 0.3) is 0 Å². The van der Waals surface area contributed by atoms with Crippen molar-refractivity contribution < 1.29 is 19.1 Å². The van der Waals surface area contributed by atoms with Crippen molar-refractivity contribution in [2.45, 2.75) is 33.6 Å². The number of nitrogens with one attached hydrogen (secondary N) is 1. The number of carbonyl (C=O) groups excluding carboxylic acids is 2. The average molecular weight is 279 g/mol. The number of anilines is 1. The minimum Gasteiger partial charge on any atom is -0.493 e. The molecule has 5 heteroatoms. The highest BCUT2D eigenvalue weighted by Gasteiger charge is 2.15. The zero-order chi connectivity index (χ0) is 15.0. The molecular formula is C15H21NO4. The molecule has 0 unspecified atom stereocenters. The van der Waals surface area contributed by atoms with Crippen molar-refractivity contribution in [1.29, 1.82) is 0 Å². The fourth-order valence-corrected chi connectivity index (χ4v) is 1.58. The molecule has 1 N–H and O–H groups in total. The van der Waals surface area contributed by atoms with Crippen LogP contribution in [0.4, 0.5) is 5.69 Å². The van der Waals surface area contributed by atoms with Crippen LogP contribution in [0, 0.1) is 0 Å². The molecule has 5 nitrogen and oxygen atoms in total. The second kappa shape index (κ2) is 8.19. The molecule has 0 radical (unpaired) electrons. The van der Waals surface area contributed by atoms with Gasteiger partial charge in [-0.25, -0.2) is 4.79 Å². The van der Waals surface area contributed by atoms with Gasteiger partial charge in [-0.3, -0.25) is 4.79 Å². The molecule has 0 bridgehead atoms. The van der Waals surface area contributed by atoms with Crippen LogP contribution in [0.2, 0.25) is 0 Å². The van der Waals surface area contributed by atoms with Crippen molar-refractivity contribution in [1.82, 2.24) is 0 Å². The van der Waals surface area contributed by atoms with E-state index in [0.717, 1.165) is 12.8 Å². The molecule has 0 saturated heterocycles. The van der Waals surface area contributed by atoms with Gasteiger partial charge in [0.15, 0.2) is 0 Å². The van der Waals surface area contributed by atoms with Crippen LogP contribution >= 0.6 is 0 Å². The summed E-state index contributed by atoms with van der Waals surface area (Å²) in [6.45, 7) is 6.21. The summed E-state index contributed by atoms with van der Waals surface area (Å²) in [7, 11) is 0. The van der Waals surface area contributed by atoms with Crippen molar-refractivity contribution in [3.63, 3.8) is 0 Å². The largest absolute Gasteiger partial charge is 0.493 e. The lowest BCUT2D eigenvalue weighted by Gasteiger charge is -2.12. The van der Waals surface area contributed by atoms with Crippen LogP contribution in [-0.2, 0) is 9.53 Å². The summed E-state index contributed by atoms with van der Waals surface area (Å²) in [5.41, 5.74) is 0.878. The first kappa shape index (κ1) is 16.0. The predicted octanol–water partition coefficient (Wildman–Crippen LogP) is 3.00. The number of ether oxygens (including phenoxy) is 2. The molecule has 0 aliphatic heterocycles. The Kier molecular flexibility index (Phi) is 6.56. The van der Waals surface area contributed by atoms with E-state index < -0.39 is 5.97 Å². The van der Waals surface area contributed by atoms with Crippen LogP contribution in [0.25, 0.3) is 0 Å². The molecule has 0 aliphatic carbocycles. The standard InChI is InChI=1S/C15H21NO4/c1-4-8-19-14-7-6-12(16-11(3)17)10-13(14)15(18)20-9-5-2/h6-7,10H,4-5,8-9H2,1-3H3,(H,16,17). The number of esters is 1. The molecule has 0 saturated carbocycles. The van der Waals surface area contributed by atoms with Crippen LogP contribution < -0.4 is 10.1 Å². The first-order valence-electron chi connectivity index (χ1n) is 6.80. The van der Waals surface area contributed by atoms with E-state index >= 15 is 0 Å². The smallest absolute Gasteiger partial charge is 0.341 e. The SMILES string of the molecule is CCCOC(=O)c1cc(NC(C)=O)ccc1OCCC. The average Bonchev–Trinajstić information content (AvgIpc) is 2.42. The molecule has 110 valence electrons. The molecule has 0 heterocycles. The van der Waals surface area contributed by atoms with Crippen LogP contribution in [0.1, 0.15) is 44.0 Å². The number of rotatable bonds is 7. The summed E-state index contributed by atoms with van der Waals surface area (Å²) in [6, 6.07) is 4.94. The first-order valence-corrected chi connectivity index (χ1v) is 6.80. The van der Waals surface area contributed by atoms with Crippen LogP contribution in [0.15, 0.2) is 18.2 Å². The van der Waals surface area contributed by atoms with Crippen LogP contribution in [-0.4, -0.2) is 25.1 Å². The molecule has 0 atom stereocenters. The quantitative estimate of drug-likeness (QED) is 0.779. The van der Waals surface area contributed by atoms with Crippen molar-refractivity contribution in [3.05, 3.63) is 23.8 Å². The van der Waals surface area contributed by atoms with Crippen molar-refractivity contribution in [2.75, 3.05) is 18.5 Å². The van der Waals surface area contributed by atoms with Gasteiger partial charge < -0.3 is 14.8 Å². The second-order valence-corrected chi connectivity index (χ2v) is 4.38. The van der Waals surface area contributed by atoms with Crippen LogP contribution in [0.3, 0.4) is 0 Å². The number of carbonyl (C=O) groups is 2. The summed E-state index contributed by atoms with van der Waals surface area (Å²) >= 11 is 0. The summed E-state index contributed by atoms with van der Waals surface area (Å²) in [6.07, 6.45) is 1.60. The predicted molar refractivity (Wildman–Crippen MR) is 77.1 cm³/mol. The maximum Gasteiger partial charge on any atom is 0.341 e. The van der Waals surface area contributed by atoms with Gasteiger partial charge in [0.2, 0.25) is 5.91 Å². The molecule has 1 amide bonds. The van der Waals surface area contributed by atoms with Gasteiger partial charge in [-0.05, 0) is 31.0 Å². The Balaban J connectivity index is 2.98. The Morgan fingerprint density at radius 2 is 1.85 bits per heavy atom. The van der Waals surface area contributed by atoms with Crippen molar-refractivity contribution >= 4 is 17.6 Å². The number of hydrogen-bond acceptors (Lipinski definition) is 4. The molecule has 0 aromatic heterocycles. The zero-order valence-corrected chi connectivity index (χ0v) is 12.2. The van der Waals surface area contributed by atoms with E-state index in [-0.39, 0.29) is 5.91 Å².